The first-order valence-electron chi connectivity index (χ1n) is 5.70. The van der Waals surface area contributed by atoms with Gasteiger partial charge < -0.3 is 10.5 Å². The van der Waals surface area contributed by atoms with Crippen molar-refractivity contribution in [3.63, 3.8) is 0 Å². The minimum absolute atomic E-state index is 0.0900. The van der Waals surface area contributed by atoms with E-state index < -0.39 is 6.04 Å². The van der Waals surface area contributed by atoms with E-state index in [2.05, 4.69) is 19.6 Å². The molecule has 1 rings (SSSR count). The molecule has 1 aliphatic carbocycles. The Labute approximate surface area is 97.2 Å². The van der Waals surface area contributed by atoms with Crippen LogP contribution in [0.15, 0.2) is 0 Å². The van der Waals surface area contributed by atoms with Crippen LogP contribution in [0.25, 0.3) is 0 Å². The van der Waals surface area contributed by atoms with Crippen LogP contribution in [0.2, 0.25) is 0 Å². The van der Waals surface area contributed by atoms with Crippen LogP contribution in [0.5, 0.6) is 0 Å². The fourth-order valence-electron chi connectivity index (χ4n) is 1.99. The second-order valence-electron chi connectivity index (χ2n) is 4.45. The largest absolute Gasteiger partial charge is 0.461 e. The third kappa shape index (κ3) is 4.43. The van der Waals surface area contributed by atoms with Crippen LogP contribution in [-0.2, 0) is 9.53 Å². The van der Waals surface area contributed by atoms with E-state index in [0.29, 0.717) is 18.1 Å². The number of carbonyl (C=O) groups excluding carboxylic acids is 1. The van der Waals surface area contributed by atoms with Crippen molar-refractivity contribution in [2.45, 2.75) is 51.2 Å². The van der Waals surface area contributed by atoms with Crippen LogP contribution in [0.4, 0.5) is 0 Å². The Morgan fingerprint density at radius 2 is 2.33 bits per heavy atom. The highest BCUT2D eigenvalue weighted by atomic mass is 32.1. The molecule has 3 atom stereocenters. The van der Waals surface area contributed by atoms with Crippen molar-refractivity contribution in [3.05, 3.63) is 0 Å². The van der Waals surface area contributed by atoms with Gasteiger partial charge in [-0.15, -0.1) is 0 Å². The minimum Gasteiger partial charge on any atom is -0.461 e. The van der Waals surface area contributed by atoms with Gasteiger partial charge in [-0.2, -0.15) is 12.6 Å². The van der Waals surface area contributed by atoms with Gasteiger partial charge in [0, 0.05) is 0 Å². The molecule has 0 saturated heterocycles. The molecule has 0 aromatic heterocycles. The summed E-state index contributed by atoms with van der Waals surface area (Å²) >= 11 is 4.05. The van der Waals surface area contributed by atoms with Crippen LogP contribution in [-0.4, -0.2) is 23.9 Å². The van der Waals surface area contributed by atoms with Crippen LogP contribution in [0.3, 0.4) is 0 Å². The number of rotatable bonds is 4. The fourth-order valence-corrected chi connectivity index (χ4v) is 2.27. The number of esters is 1. The standard InChI is InChI=1S/C11H21NO2S/c1-8-3-2-4-9(7-8)14-11(13)10(12)5-6-15/h8-10,15H,2-7,12H2,1H3. The lowest BCUT2D eigenvalue weighted by atomic mass is 9.89. The van der Waals surface area contributed by atoms with Crippen LogP contribution in [0.1, 0.15) is 39.0 Å². The van der Waals surface area contributed by atoms with Crippen LogP contribution < -0.4 is 5.73 Å². The van der Waals surface area contributed by atoms with Crippen molar-refractivity contribution in [3.8, 4) is 0 Å². The van der Waals surface area contributed by atoms with Gasteiger partial charge in [-0.05, 0) is 37.4 Å². The molecule has 2 N–H and O–H groups in total. The second-order valence-corrected chi connectivity index (χ2v) is 4.90. The first kappa shape index (κ1) is 12.8. The van der Waals surface area contributed by atoms with Gasteiger partial charge in [0.2, 0.25) is 0 Å². The summed E-state index contributed by atoms with van der Waals surface area (Å²) < 4.78 is 5.38. The number of thiol groups is 1. The average molecular weight is 231 g/mol. The Kier molecular flexibility index (Phi) is 5.47. The molecule has 4 heteroatoms. The van der Waals surface area contributed by atoms with Crippen molar-refractivity contribution >= 4 is 18.6 Å². The predicted octanol–water partition coefficient (Wildman–Crippen LogP) is 1.76. The summed E-state index contributed by atoms with van der Waals surface area (Å²) in [5, 5.41) is 0. The number of hydrogen-bond acceptors (Lipinski definition) is 4. The van der Waals surface area contributed by atoms with E-state index in [1.54, 1.807) is 0 Å². The number of carbonyl (C=O) groups is 1. The predicted molar refractivity (Wildman–Crippen MR) is 64.0 cm³/mol. The molecule has 0 aliphatic heterocycles. The van der Waals surface area contributed by atoms with Gasteiger partial charge in [0.25, 0.3) is 0 Å². The SMILES string of the molecule is CC1CCCC(OC(=O)C(N)CCS)C1. The van der Waals surface area contributed by atoms with Crippen molar-refractivity contribution in [2.24, 2.45) is 11.7 Å². The smallest absolute Gasteiger partial charge is 0.323 e. The third-order valence-corrected chi connectivity index (χ3v) is 3.17. The molecule has 3 unspecified atom stereocenters. The van der Waals surface area contributed by atoms with Gasteiger partial charge in [-0.3, -0.25) is 4.79 Å². The zero-order chi connectivity index (χ0) is 11.3. The van der Waals surface area contributed by atoms with E-state index in [0.717, 1.165) is 19.3 Å². The number of hydrogen-bond donors (Lipinski definition) is 2. The summed E-state index contributed by atoms with van der Waals surface area (Å²) in [6, 6.07) is -0.500. The molecule has 88 valence electrons. The molecular weight excluding hydrogens is 210 g/mol. The van der Waals surface area contributed by atoms with E-state index in [1.807, 2.05) is 0 Å². The lowest BCUT2D eigenvalue weighted by Gasteiger charge is -2.27. The monoisotopic (exact) mass is 231 g/mol. The van der Waals surface area contributed by atoms with Gasteiger partial charge in [0.05, 0.1) is 0 Å². The summed E-state index contributed by atoms with van der Waals surface area (Å²) in [5.74, 6) is 1.03. The third-order valence-electron chi connectivity index (χ3n) is 2.91. The van der Waals surface area contributed by atoms with E-state index in [-0.39, 0.29) is 12.1 Å². The van der Waals surface area contributed by atoms with Gasteiger partial charge in [0.15, 0.2) is 0 Å². The van der Waals surface area contributed by atoms with Crippen molar-refractivity contribution in [1.82, 2.24) is 0 Å². The normalized spacial score (nSPS) is 28.5. The van der Waals surface area contributed by atoms with E-state index in [9.17, 15) is 4.79 Å². The van der Waals surface area contributed by atoms with Gasteiger partial charge in [-0.25, -0.2) is 0 Å². The molecule has 0 heterocycles. The zero-order valence-corrected chi connectivity index (χ0v) is 10.2. The lowest BCUT2D eigenvalue weighted by Crippen LogP contribution is -2.36. The molecule has 0 aromatic carbocycles. The summed E-state index contributed by atoms with van der Waals surface area (Å²) in [7, 11) is 0. The molecule has 15 heavy (non-hydrogen) atoms. The van der Waals surface area contributed by atoms with Crippen molar-refractivity contribution in [2.75, 3.05) is 5.75 Å². The second kappa shape index (κ2) is 6.38. The molecule has 0 spiro atoms. The maximum atomic E-state index is 11.5. The van der Waals surface area contributed by atoms with Crippen LogP contribution >= 0.6 is 12.6 Å². The molecular formula is C11H21NO2S. The van der Waals surface area contributed by atoms with Crippen molar-refractivity contribution in [1.29, 1.82) is 0 Å². The van der Waals surface area contributed by atoms with Crippen LogP contribution in [0, 0.1) is 5.92 Å². The maximum Gasteiger partial charge on any atom is 0.323 e. The van der Waals surface area contributed by atoms with E-state index in [1.165, 1.54) is 6.42 Å². The minimum atomic E-state index is -0.500. The Morgan fingerprint density at radius 1 is 1.60 bits per heavy atom. The molecule has 3 nitrogen and oxygen atoms in total. The molecule has 0 amide bonds. The summed E-state index contributed by atoms with van der Waals surface area (Å²) in [4.78, 5) is 11.5. The quantitative estimate of drug-likeness (QED) is 0.572. The zero-order valence-electron chi connectivity index (χ0n) is 9.32. The maximum absolute atomic E-state index is 11.5. The van der Waals surface area contributed by atoms with E-state index in [4.69, 9.17) is 10.5 Å². The molecule has 0 radical (unpaired) electrons. The van der Waals surface area contributed by atoms with E-state index >= 15 is 0 Å². The highest BCUT2D eigenvalue weighted by Gasteiger charge is 2.24. The highest BCUT2D eigenvalue weighted by molar-refractivity contribution is 7.80. The number of nitrogens with two attached hydrogens (primary N) is 1. The summed E-state index contributed by atoms with van der Waals surface area (Å²) in [5.41, 5.74) is 5.66. The fraction of sp³-hybridized carbons (Fsp3) is 0.909. The molecule has 1 aliphatic rings. The Morgan fingerprint density at radius 3 is 2.93 bits per heavy atom. The first-order valence-corrected chi connectivity index (χ1v) is 6.33. The van der Waals surface area contributed by atoms with Gasteiger partial charge in [-0.1, -0.05) is 13.3 Å². The van der Waals surface area contributed by atoms with Crippen molar-refractivity contribution < 1.29 is 9.53 Å². The Balaban J connectivity index is 2.30. The Bertz CT molecular complexity index is 211. The number of ether oxygens (including phenoxy) is 1. The Hall–Kier alpha value is -0.220. The molecule has 1 saturated carbocycles. The molecule has 0 aromatic rings. The lowest BCUT2D eigenvalue weighted by molar-refractivity contribution is -0.152. The molecule has 1 fully saturated rings. The average Bonchev–Trinajstić information content (AvgIpc) is 2.18. The summed E-state index contributed by atoms with van der Waals surface area (Å²) in [6.45, 7) is 2.20. The molecule has 0 bridgehead atoms. The topological polar surface area (TPSA) is 52.3 Å². The highest BCUT2D eigenvalue weighted by Crippen LogP contribution is 2.25. The summed E-state index contributed by atoms with van der Waals surface area (Å²) in [6.07, 6.45) is 5.05. The first-order chi connectivity index (χ1) is 7.13. The van der Waals surface area contributed by atoms with Gasteiger partial charge in [0.1, 0.15) is 12.1 Å². The van der Waals surface area contributed by atoms with Gasteiger partial charge >= 0.3 is 5.97 Å².